The van der Waals surface area contributed by atoms with Crippen LogP contribution in [0.4, 0.5) is 0 Å². The van der Waals surface area contributed by atoms with Gasteiger partial charge >= 0.3 is 5.97 Å². The molecule has 2 fully saturated rings. The monoisotopic (exact) mass is 334 g/mol. The van der Waals surface area contributed by atoms with Crippen molar-refractivity contribution in [2.24, 2.45) is 11.8 Å². The lowest BCUT2D eigenvalue weighted by Gasteiger charge is -2.36. The summed E-state index contributed by atoms with van der Waals surface area (Å²) < 4.78 is 4.94. The van der Waals surface area contributed by atoms with Crippen LogP contribution in [0, 0.1) is 11.8 Å². The van der Waals surface area contributed by atoms with Crippen LogP contribution in [0.25, 0.3) is 0 Å². The number of nitrogens with zero attached hydrogens (tertiary/aromatic N) is 2. The van der Waals surface area contributed by atoms with E-state index in [-0.39, 0.29) is 23.7 Å². The molecule has 1 aromatic rings. The molecule has 24 heavy (non-hydrogen) atoms. The molecule has 1 N–H and O–H groups in total. The average molecular weight is 334 g/mol. The summed E-state index contributed by atoms with van der Waals surface area (Å²) in [6.45, 7) is 2.16. The van der Waals surface area contributed by atoms with E-state index < -0.39 is 5.97 Å². The van der Waals surface area contributed by atoms with E-state index >= 15 is 0 Å². The van der Waals surface area contributed by atoms with Gasteiger partial charge in [-0.15, -0.1) is 0 Å². The molecule has 7 nitrogen and oxygen atoms in total. The number of carboxylic acid groups (broad SMARTS) is 1. The van der Waals surface area contributed by atoms with E-state index in [0.29, 0.717) is 57.4 Å². The predicted molar refractivity (Wildman–Crippen MR) is 84.3 cm³/mol. The molecule has 0 spiro atoms. The second-order valence-electron chi connectivity index (χ2n) is 6.52. The fourth-order valence-corrected chi connectivity index (χ4v) is 3.50. The number of hydrogen-bond donors (Lipinski definition) is 1. The number of carbonyl (C=O) groups excluding carboxylic acids is 2. The Morgan fingerprint density at radius 2 is 1.54 bits per heavy atom. The maximum absolute atomic E-state index is 12.6. The predicted octanol–water partition coefficient (Wildman–Crippen LogP) is 1.45. The Balaban J connectivity index is 1.49. The fraction of sp³-hybridized carbons (Fsp3) is 0.588. The first-order valence-corrected chi connectivity index (χ1v) is 8.39. The van der Waals surface area contributed by atoms with Gasteiger partial charge in [0.05, 0.1) is 17.7 Å². The highest BCUT2D eigenvalue weighted by Crippen LogP contribution is 2.24. The minimum atomic E-state index is -0.770. The molecule has 3 rings (SSSR count). The summed E-state index contributed by atoms with van der Waals surface area (Å²) in [6.07, 6.45) is 5.27. The van der Waals surface area contributed by atoms with E-state index in [1.165, 1.54) is 12.5 Å². The van der Waals surface area contributed by atoms with Crippen LogP contribution in [-0.4, -0.2) is 58.9 Å². The molecule has 7 heteroatoms. The SMILES string of the molecule is O=C(O)C1CCN(C(=O)C2CCN(C(=O)c3ccoc3)CC2)CC1. The minimum absolute atomic E-state index is 0.0584. The Morgan fingerprint density at radius 1 is 0.958 bits per heavy atom. The molecule has 0 unspecified atom stereocenters. The molecule has 2 saturated heterocycles. The molecule has 0 bridgehead atoms. The van der Waals surface area contributed by atoms with Gasteiger partial charge in [0.1, 0.15) is 6.26 Å². The van der Waals surface area contributed by atoms with Crippen molar-refractivity contribution < 1.29 is 23.9 Å². The van der Waals surface area contributed by atoms with Crippen molar-refractivity contribution in [3.05, 3.63) is 24.2 Å². The maximum atomic E-state index is 12.6. The Morgan fingerprint density at radius 3 is 2.08 bits per heavy atom. The van der Waals surface area contributed by atoms with E-state index in [4.69, 9.17) is 9.52 Å². The van der Waals surface area contributed by atoms with Crippen molar-refractivity contribution in [1.82, 2.24) is 9.80 Å². The summed E-state index contributed by atoms with van der Waals surface area (Å²) in [7, 11) is 0. The first-order valence-electron chi connectivity index (χ1n) is 8.39. The summed E-state index contributed by atoms with van der Waals surface area (Å²) in [5.74, 6) is -1.12. The van der Waals surface area contributed by atoms with Crippen LogP contribution >= 0.6 is 0 Å². The first-order chi connectivity index (χ1) is 11.6. The van der Waals surface area contributed by atoms with E-state index in [0.717, 1.165) is 0 Å². The quantitative estimate of drug-likeness (QED) is 0.903. The third kappa shape index (κ3) is 3.44. The molecular weight excluding hydrogens is 312 g/mol. The lowest BCUT2D eigenvalue weighted by Crippen LogP contribution is -2.47. The standard InChI is InChI=1S/C17H22N2O5/c20-15(18-8-3-13(4-9-18)17(22)23)12-1-6-19(7-2-12)16(21)14-5-10-24-11-14/h5,10-13H,1-4,6-9H2,(H,22,23). The molecule has 2 aliphatic rings. The number of piperidine rings is 2. The van der Waals surface area contributed by atoms with Crippen molar-refractivity contribution in [2.75, 3.05) is 26.2 Å². The number of likely N-dealkylation sites (tertiary alicyclic amines) is 2. The molecule has 1 aromatic heterocycles. The highest BCUT2D eigenvalue weighted by molar-refractivity contribution is 5.94. The van der Waals surface area contributed by atoms with Crippen LogP contribution in [0.2, 0.25) is 0 Å². The zero-order valence-electron chi connectivity index (χ0n) is 13.5. The van der Waals surface area contributed by atoms with Gasteiger partial charge in [0.25, 0.3) is 5.91 Å². The Hall–Kier alpha value is -2.31. The zero-order valence-corrected chi connectivity index (χ0v) is 13.5. The number of amides is 2. The number of hydrogen-bond acceptors (Lipinski definition) is 4. The lowest BCUT2D eigenvalue weighted by atomic mass is 9.92. The number of rotatable bonds is 3. The fourth-order valence-electron chi connectivity index (χ4n) is 3.50. The van der Waals surface area contributed by atoms with Gasteiger partial charge in [-0.2, -0.15) is 0 Å². The van der Waals surface area contributed by atoms with E-state index in [2.05, 4.69) is 0 Å². The molecule has 0 aromatic carbocycles. The molecule has 2 aliphatic heterocycles. The topological polar surface area (TPSA) is 91.1 Å². The highest BCUT2D eigenvalue weighted by atomic mass is 16.4. The van der Waals surface area contributed by atoms with Crippen molar-refractivity contribution in [2.45, 2.75) is 25.7 Å². The average Bonchev–Trinajstić information content (AvgIpc) is 3.15. The lowest BCUT2D eigenvalue weighted by molar-refractivity contribution is -0.147. The molecule has 0 saturated carbocycles. The van der Waals surface area contributed by atoms with Crippen molar-refractivity contribution in [3.63, 3.8) is 0 Å². The number of carbonyl (C=O) groups is 3. The minimum Gasteiger partial charge on any atom is -0.481 e. The molecule has 0 atom stereocenters. The number of carboxylic acids is 1. The van der Waals surface area contributed by atoms with Gasteiger partial charge in [-0.3, -0.25) is 14.4 Å². The molecule has 2 amide bonds. The molecule has 0 radical (unpaired) electrons. The van der Waals surface area contributed by atoms with Crippen LogP contribution in [0.15, 0.2) is 23.0 Å². The first kappa shape index (κ1) is 16.5. The van der Waals surface area contributed by atoms with Gasteiger partial charge in [0.2, 0.25) is 5.91 Å². The summed E-state index contributed by atoms with van der Waals surface area (Å²) >= 11 is 0. The van der Waals surface area contributed by atoms with Crippen molar-refractivity contribution in [3.8, 4) is 0 Å². The van der Waals surface area contributed by atoms with Gasteiger partial charge in [0, 0.05) is 32.1 Å². The smallest absolute Gasteiger partial charge is 0.306 e. The Bertz CT molecular complexity index is 597. The molecule has 130 valence electrons. The van der Waals surface area contributed by atoms with E-state index in [1.54, 1.807) is 15.9 Å². The summed E-state index contributed by atoms with van der Waals surface area (Å²) in [4.78, 5) is 39.4. The molecule has 0 aliphatic carbocycles. The van der Waals surface area contributed by atoms with Crippen LogP contribution in [0.1, 0.15) is 36.0 Å². The highest BCUT2D eigenvalue weighted by Gasteiger charge is 2.33. The number of furan rings is 1. The number of aliphatic carboxylic acids is 1. The third-order valence-corrected chi connectivity index (χ3v) is 5.06. The molecule has 3 heterocycles. The van der Waals surface area contributed by atoms with Crippen LogP contribution < -0.4 is 0 Å². The third-order valence-electron chi connectivity index (χ3n) is 5.06. The van der Waals surface area contributed by atoms with Crippen molar-refractivity contribution in [1.29, 1.82) is 0 Å². The summed E-state index contributed by atoms with van der Waals surface area (Å²) in [6, 6.07) is 1.65. The Labute approximate surface area is 140 Å². The van der Waals surface area contributed by atoms with Gasteiger partial charge in [-0.25, -0.2) is 0 Å². The van der Waals surface area contributed by atoms with E-state index in [1.807, 2.05) is 0 Å². The van der Waals surface area contributed by atoms with Gasteiger partial charge in [-0.05, 0) is 31.7 Å². The van der Waals surface area contributed by atoms with Crippen LogP contribution in [-0.2, 0) is 9.59 Å². The van der Waals surface area contributed by atoms with Crippen LogP contribution in [0.3, 0.4) is 0 Å². The zero-order chi connectivity index (χ0) is 17.1. The van der Waals surface area contributed by atoms with Gasteiger partial charge < -0.3 is 19.3 Å². The second-order valence-corrected chi connectivity index (χ2v) is 6.52. The molecular formula is C17H22N2O5. The maximum Gasteiger partial charge on any atom is 0.306 e. The second kappa shape index (κ2) is 7.07. The summed E-state index contributed by atoms with van der Waals surface area (Å²) in [5, 5.41) is 9.02. The van der Waals surface area contributed by atoms with E-state index in [9.17, 15) is 14.4 Å². The largest absolute Gasteiger partial charge is 0.481 e. The Kier molecular flexibility index (Phi) is 4.87. The van der Waals surface area contributed by atoms with Gasteiger partial charge in [-0.1, -0.05) is 0 Å². The normalized spacial score (nSPS) is 20.2. The van der Waals surface area contributed by atoms with Crippen LogP contribution in [0.5, 0.6) is 0 Å². The summed E-state index contributed by atoms with van der Waals surface area (Å²) in [5.41, 5.74) is 0.538. The van der Waals surface area contributed by atoms with Gasteiger partial charge in [0.15, 0.2) is 0 Å². The van der Waals surface area contributed by atoms with Crippen molar-refractivity contribution >= 4 is 17.8 Å².